The minimum Gasteiger partial charge on any atom is -0.497 e. The lowest BCUT2D eigenvalue weighted by Gasteiger charge is -2.25. The van der Waals surface area contributed by atoms with Gasteiger partial charge in [-0.05, 0) is 24.3 Å². The van der Waals surface area contributed by atoms with Crippen molar-refractivity contribution >= 4 is 23.4 Å². The van der Waals surface area contributed by atoms with E-state index in [-0.39, 0.29) is 17.0 Å². The lowest BCUT2D eigenvalue weighted by molar-refractivity contribution is -0.384. The maximum Gasteiger partial charge on any atom is 0.269 e. The van der Waals surface area contributed by atoms with Gasteiger partial charge in [0.2, 0.25) is 0 Å². The van der Waals surface area contributed by atoms with Crippen LogP contribution in [0.3, 0.4) is 0 Å². The molecule has 1 fully saturated rings. The number of non-ortho nitro benzene ring substituents is 1. The lowest BCUT2D eigenvalue weighted by Crippen LogP contribution is -2.30. The smallest absolute Gasteiger partial charge is 0.269 e. The molecule has 8 heteroatoms. The Morgan fingerprint density at radius 3 is 2.54 bits per heavy atom. The number of thioether (sulfide) groups is 1. The van der Waals surface area contributed by atoms with Crippen LogP contribution in [0.15, 0.2) is 42.5 Å². The van der Waals surface area contributed by atoms with Gasteiger partial charge in [0, 0.05) is 41.6 Å². The van der Waals surface area contributed by atoms with Gasteiger partial charge in [0.15, 0.2) is 0 Å². The second-order valence-corrected chi connectivity index (χ2v) is 6.82. The minimum atomic E-state index is -0.481. The van der Waals surface area contributed by atoms with Gasteiger partial charge in [-0.25, -0.2) is 0 Å². The zero-order chi connectivity index (χ0) is 18.7. The van der Waals surface area contributed by atoms with Crippen LogP contribution < -0.4 is 9.47 Å². The van der Waals surface area contributed by atoms with Gasteiger partial charge in [-0.1, -0.05) is 0 Å². The number of ether oxygens (including phenoxy) is 2. The third kappa shape index (κ3) is 3.45. The van der Waals surface area contributed by atoms with Gasteiger partial charge in [-0.15, -0.1) is 11.8 Å². The number of carbonyl (C=O) groups excluding carboxylic acids is 1. The maximum absolute atomic E-state index is 12.9. The summed E-state index contributed by atoms with van der Waals surface area (Å²) in [6, 6.07) is 11.2. The number of nitro groups is 1. The first kappa shape index (κ1) is 18.1. The fourth-order valence-electron chi connectivity index (χ4n) is 2.85. The predicted molar refractivity (Wildman–Crippen MR) is 98.9 cm³/mol. The molecular formula is C18H18N2O5S. The van der Waals surface area contributed by atoms with E-state index in [9.17, 15) is 14.9 Å². The normalized spacial score (nSPS) is 16.4. The number of hydrogen-bond donors (Lipinski definition) is 0. The largest absolute Gasteiger partial charge is 0.497 e. The number of rotatable bonds is 5. The molecule has 0 N–H and O–H groups in total. The minimum absolute atomic E-state index is 0.0364. The molecule has 136 valence electrons. The molecule has 26 heavy (non-hydrogen) atoms. The van der Waals surface area contributed by atoms with E-state index in [1.54, 1.807) is 36.9 Å². The number of amides is 1. The molecule has 1 aliphatic heterocycles. The van der Waals surface area contributed by atoms with Gasteiger partial charge in [0.25, 0.3) is 11.6 Å². The summed E-state index contributed by atoms with van der Waals surface area (Å²) in [5.41, 5.74) is 1.28. The molecule has 1 amide bonds. The molecule has 1 aliphatic rings. The van der Waals surface area contributed by atoms with E-state index in [1.165, 1.54) is 24.3 Å². The summed E-state index contributed by atoms with van der Waals surface area (Å²) < 4.78 is 10.7. The van der Waals surface area contributed by atoms with Gasteiger partial charge in [0.1, 0.15) is 16.9 Å². The highest BCUT2D eigenvalue weighted by atomic mass is 32.2. The summed E-state index contributed by atoms with van der Waals surface area (Å²) in [5.74, 6) is 1.98. The first-order chi connectivity index (χ1) is 12.5. The monoisotopic (exact) mass is 374 g/mol. The molecular weight excluding hydrogens is 356 g/mol. The molecule has 0 bridgehead atoms. The Labute approximate surface area is 155 Å². The third-order valence-electron chi connectivity index (χ3n) is 4.18. The van der Waals surface area contributed by atoms with Gasteiger partial charge in [-0.2, -0.15) is 0 Å². The first-order valence-electron chi connectivity index (χ1n) is 7.94. The average molecular weight is 374 g/mol. The predicted octanol–water partition coefficient (Wildman–Crippen LogP) is 3.50. The summed E-state index contributed by atoms with van der Waals surface area (Å²) >= 11 is 1.65. The van der Waals surface area contributed by atoms with Crippen LogP contribution in [0.2, 0.25) is 0 Å². The van der Waals surface area contributed by atoms with E-state index in [1.807, 2.05) is 12.1 Å². The molecule has 0 spiro atoms. The summed E-state index contributed by atoms with van der Waals surface area (Å²) in [7, 11) is 3.17. The van der Waals surface area contributed by atoms with E-state index in [0.717, 1.165) is 11.3 Å². The molecule has 3 rings (SSSR count). The Kier molecular flexibility index (Phi) is 5.32. The van der Waals surface area contributed by atoms with Crippen LogP contribution in [-0.4, -0.2) is 42.2 Å². The SMILES string of the molecule is COc1ccc(C2SCCN2C(=O)c2ccc([N+](=O)[O-])cc2)c(OC)c1. The number of hydrogen-bond acceptors (Lipinski definition) is 6. The number of nitrogens with zero attached hydrogens (tertiary/aromatic N) is 2. The van der Waals surface area contributed by atoms with Crippen molar-refractivity contribution < 1.29 is 19.2 Å². The molecule has 0 aromatic heterocycles. The fourth-order valence-corrected chi connectivity index (χ4v) is 4.13. The van der Waals surface area contributed by atoms with E-state index in [0.29, 0.717) is 23.6 Å². The number of benzene rings is 2. The van der Waals surface area contributed by atoms with E-state index >= 15 is 0 Å². The van der Waals surface area contributed by atoms with E-state index < -0.39 is 4.92 Å². The van der Waals surface area contributed by atoms with Crippen molar-refractivity contribution in [2.24, 2.45) is 0 Å². The standard InChI is InChI=1S/C18H18N2O5S/c1-24-14-7-8-15(16(11-14)25-2)18-19(9-10-26-18)17(21)12-3-5-13(6-4-12)20(22)23/h3-8,11,18H,9-10H2,1-2H3. The van der Waals surface area contributed by atoms with Crippen molar-refractivity contribution in [3.05, 3.63) is 63.7 Å². The quantitative estimate of drug-likeness (QED) is 0.588. The average Bonchev–Trinajstić information content (AvgIpc) is 3.16. The Balaban J connectivity index is 1.88. The molecule has 0 aliphatic carbocycles. The van der Waals surface area contributed by atoms with Crippen LogP contribution >= 0.6 is 11.8 Å². The zero-order valence-electron chi connectivity index (χ0n) is 14.4. The Hall–Kier alpha value is -2.74. The van der Waals surface area contributed by atoms with E-state index in [4.69, 9.17) is 9.47 Å². The summed E-state index contributed by atoms with van der Waals surface area (Å²) in [6.07, 6.45) is 0. The number of nitro benzene ring substituents is 1. The molecule has 2 aromatic carbocycles. The van der Waals surface area contributed by atoms with Crippen LogP contribution in [0.1, 0.15) is 21.3 Å². The molecule has 1 heterocycles. The van der Waals surface area contributed by atoms with Crippen LogP contribution in [0, 0.1) is 10.1 Å². The highest BCUT2D eigenvalue weighted by Crippen LogP contribution is 2.43. The van der Waals surface area contributed by atoms with Crippen LogP contribution in [0.5, 0.6) is 11.5 Å². The van der Waals surface area contributed by atoms with Crippen molar-refractivity contribution in [3.8, 4) is 11.5 Å². The molecule has 1 atom stereocenters. The van der Waals surface area contributed by atoms with Gasteiger partial charge < -0.3 is 14.4 Å². The third-order valence-corrected chi connectivity index (χ3v) is 5.43. The first-order valence-corrected chi connectivity index (χ1v) is 8.99. The topological polar surface area (TPSA) is 81.9 Å². The molecule has 0 saturated carbocycles. The fraction of sp³-hybridized carbons (Fsp3) is 0.278. The highest BCUT2D eigenvalue weighted by Gasteiger charge is 2.33. The van der Waals surface area contributed by atoms with E-state index in [2.05, 4.69) is 0 Å². The van der Waals surface area contributed by atoms with Crippen molar-refractivity contribution in [1.29, 1.82) is 0 Å². The van der Waals surface area contributed by atoms with Gasteiger partial charge >= 0.3 is 0 Å². The van der Waals surface area contributed by atoms with Crippen molar-refractivity contribution in [1.82, 2.24) is 4.90 Å². The number of methoxy groups -OCH3 is 2. The number of carbonyl (C=O) groups is 1. The highest BCUT2D eigenvalue weighted by molar-refractivity contribution is 7.99. The second-order valence-electron chi connectivity index (χ2n) is 5.63. The Bertz CT molecular complexity index is 825. The Morgan fingerprint density at radius 2 is 1.92 bits per heavy atom. The van der Waals surface area contributed by atoms with Crippen LogP contribution in [0.4, 0.5) is 5.69 Å². The molecule has 1 saturated heterocycles. The summed E-state index contributed by atoms with van der Waals surface area (Å²) in [5, 5.41) is 10.6. The van der Waals surface area contributed by atoms with Gasteiger partial charge in [0.05, 0.1) is 19.1 Å². The molecule has 0 radical (unpaired) electrons. The molecule has 1 unspecified atom stereocenters. The lowest BCUT2D eigenvalue weighted by atomic mass is 10.1. The summed E-state index contributed by atoms with van der Waals surface area (Å²) in [4.78, 5) is 25.0. The van der Waals surface area contributed by atoms with Crippen molar-refractivity contribution in [2.45, 2.75) is 5.37 Å². The van der Waals surface area contributed by atoms with Crippen LogP contribution in [0.25, 0.3) is 0 Å². The molecule has 7 nitrogen and oxygen atoms in total. The van der Waals surface area contributed by atoms with Crippen LogP contribution in [-0.2, 0) is 0 Å². The summed E-state index contributed by atoms with van der Waals surface area (Å²) in [6.45, 7) is 0.598. The maximum atomic E-state index is 12.9. The van der Waals surface area contributed by atoms with Gasteiger partial charge in [-0.3, -0.25) is 14.9 Å². The zero-order valence-corrected chi connectivity index (χ0v) is 15.2. The second kappa shape index (κ2) is 7.65. The van der Waals surface area contributed by atoms with Crippen molar-refractivity contribution in [3.63, 3.8) is 0 Å². The molecule has 2 aromatic rings. The van der Waals surface area contributed by atoms with Crippen molar-refractivity contribution in [2.75, 3.05) is 26.5 Å². The Morgan fingerprint density at radius 1 is 1.19 bits per heavy atom.